The Kier molecular flexibility index (Phi) is 2.70. The lowest BCUT2D eigenvalue weighted by molar-refractivity contribution is -0.140. The molecule has 1 radical (unpaired) electrons. The lowest BCUT2D eigenvalue weighted by Gasteiger charge is -2.29. The first-order chi connectivity index (χ1) is 8.98. The molecule has 3 rings (SSSR count). The normalized spacial score (nSPS) is 14.8. The fourth-order valence-corrected chi connectivity index (χ4v) is 3.30. The van der Waals surface area contributed by atoms with Crippen molar-refractivity contribution in [2.75, 3.05) is 0 Å². The summed E-state index contributed by atoms with van der Waals surface area (Å²) in [5.74, 6) is 0.0625. The van der Waals surface area contributed by atoms with E-state index in [1.165, 1.54) is 4.88 Å². The molecule has 2 aromatic heterocycles. The maximum absolute atomic E-state index is 12.6. The van der Waals surface area contributed by atoms with Crippen LogP contribution in [0, 0.1) is 13.0 Å². The average molecular weight is 275 g/mol. The molecule has 0 bridgehead atoms. The quantitative estimate of drug-likeness (QED) is 0.838. The lowest BCUT2D eigenvalue weighted by atomic mass is 10.0. The van der Waals surface area contributed by atoms with E-state index in [0.29, 0.717) is 13.1 Å². The van der Waals surface area contributed by atoms with Crippen molar-refractivity contribution in [1.29, 1.82) is 0 Å². The Morgan fingerprint density at radius 2 is 2.26 bits per heavy atom. The van der Waals surface area contributed by atoms with Gasteiger partial charge in [-0.1, -0.05) is 0 Å². The Bertz CT molecular complexity index is 591. The predicted octanol–water partition coefficient (Wildman–Crippen LogP) is 1.73. The van der Waals surface area contributed by atoms with Crippen LogP contribution in [0.4, 0.5) is 0 Å². The highest BCUT2D eigenvalue weighted by molar-refractivity contribution is 7.11. The number of nitrogens with zero attached hydrogens (tertiary/aromatic N) is 4. The Balaban J connectivity index is 1.81. The fraction of sp³-hybridized carbons (Fsp3) is 0.462. The standard InChI is InChI=1S/C13H15N4OS/c1-9-15-10-7-16(8-11(10)19-9)12(18)13(2,3)17-6-4-5-14-17/h5-6H,7-8H2,1-3H3. The number of aryl methyl sites for hydroxylation is 1. The molecule has 19 heavy (non-hydrogen) atoms. The number of fused-ring (bicyclic) bond motifs is 1. The van der Waals surface area contributed by atoms with E-state index < -0.39 is 5.54 Å². The van der Waals surface area contributed by atoms with E-state index in [0.717, 1.165) is 10.7 Å². The van der Waals surface area contributed by atoms with Crippen molar-refractivity contribution < 1.29 is 4.79 Å². The van der Waals surface area contributed by atoms with E-state index in [2.05, 4.69) is 16.1 Å². The molecule has 2 aromatic rings. The fourth-order valence-electron chi connectivity index (χ4n) is 2.34. The summed E-state index contributed by atoms with van der Waals surface area (Å²) in [5.41, 5.74) is 0.349. The van der Waals surface area contributed by atoms with Gasteiger partial charge in [-0.3, -0.25) is 9.48 Å². The molecule has 0 unspecified atom stereocenters. The summed E-state index contributed by atoms with van der Waals surface area (Å²) in [6, 6.07) is 2.87. The van der Waals surface area contributed by atoms with Crippen LogP contribution in [0.1, 0.15) is 29.4 Å². The molecule has 0 saturated heterocycles. The van der Waals surface area contributed by atoms with Crippen LogP contribution in [0.3, 0.4) is 0 Å². The van der Waals surface area contributed by atoms with Crippen molar-refractivity contribution in [2.45, 2.75) is 39.4 Å². The van der Waals surface area contributed by atoms with Crippen molar-refractivity contribution in [3.63, 3.8) is 0 Å². The van der Waals surface area contributed by atoms with Crippen LogP contribution in [-0.4, -0.2) is 25.6 Å². The molecular formula is C13H15N4OS. The van der Waals surface area contributed by atoms with Gasteiger partial charge in [0.1, 0.15) is 5.54 Å². The third-order valence-corrected chi connectivity index (χ3v) is 4.39. The molecule has 0 fully saturated rings. The SMILES string of the molecule is Cc1nc2c(s1)CN(C(=O)C(C)(C)n1c[c]cn1)C2. The van der Waals surface area contributed by atoms with Crippen LogP contribution in [0.5, 0.6) is 0 Å². The summed E-state index contributed by atoms with van der Waals surface area (Å²) >= 11 is 1.67. The van der Waals surface area contributed by atoms with Gasteiger partial charge >= 0.3 is 0 Å². The zero-order valence-electron chi connectivity index (χ0n) is 11.2. The van der Waals surface area contributed by atoms with Crippen LogP contribution in [0.15, 0.2) is 12.4 Å². The third-order valence-electron chi connectivity index (χ3n) is 3.40. The van der Waals surface area contributed by atoms with Crippen LogP contribution >= 0.6 is 11.3 Å². The van der Waals surface area contributed by atoms with Gasteiger partial charge in [0.15, 0.2) is 0 Å². The lowest BCUT2D eigenvalue weighted by Crippen LogP contribution is -2.45. The van der Waals surface area contributed by atoms with Gasteiger partial charge in [0.25, 0.3) is 5.91 Å². The van der Waals surface area contributed by atoms with Crippen molar-refractivity contribution in [3.8, 4) is 0 Å². The zero-order chi connectivity index (χ0) is 13.6. The van der Waals surface area contributed by atoms with Gasteiger partial charge in [-0.25, -0.2) is 4.98 Å². The molecule has 0 atom stereocenters. The number of thiazole rings is 1. The van der Waals surface area contributed by atoms with E-state index in [4.69, 9.17) is 0 Å². The largest absolute Gasteiger partial charge is 0.329 e. The zero-order valence-corrected chi connectivity index (χ0v) is 12.0. The van der Waals surface area contributed by atoms with Crippen LogP contribution in [0.25, 0.3) is 0 Å². The second-order valence-corrected chi connectivity index (χ2v) is 6.50. The maximum atomic E-state index is 12.6. The number of rotatable bonds is 2. The van der Waals surface area contributed by atoms with Gasteiger partial charge in [-0.15, -0.1) is 11.3 Å². The molecular weight excluding hydrogens is 260 g/mol. The second kappa shape index (κ2) is 4.16. The Labute approximate surface area is 115 Å². The number of aromatic nitrogens is 3. The minimum absolute atomic E-state index is 0.0625. The van der Waals surface area contributed by atoms with E-state index >= 15 is 0 Å². The first-order valence-electron chi connectivity index (χ1n) is 6.14. The average Bonchev–Trinajstić information content (AvgIpc) is 3.01. The highest BCUT2D eigenvalue weighted by Crippen LogP contribution is 2.30. The third kappa shape index (κ3) is 1.96. The first kappa shape index (κ1) is 12.3. The van der Waals surface area contributed by atoms with Crippen molar-refractivity contribution >= 4 is 17.2 Å². The summed E-state index contributed by atoms with van der Waals surface area (Å²) in [6.07, 6.45) is 3.27. The maximum Gasteiger partial charge on any atom is 0.250 e. The van der Waals surface area contributed by atoms with Crippen LogP contribution in [-0.2, 0) is 23.4 Å². The smallest absolute Gasteiger partial charge is 0.250 e. The van der Waals surface area contributed by atoms with E-state index in [9.17, 15) is 4.79 Å². The molecule has 0 N–H and O–H groups in total. The molecule has 5 nitrogen and oxygen atoms in total. The van der Waals surface area contributed by atoms with E-state index in [-0.39, 0.29) is 5.91 Å². The van der Waals surface area contributed by atoms with E-state index in [1.54, 1.807) is 28.4 Å². The molecule has 1 amide bonds. The van der Waals surface area contributed by atoms with Crippen molar-refractivity contribution in [2.24, 2.45) is 0 Å². The molecule has 3 heterocycles. The molecule has 0 spiro atoms. The first-order valence-corrected chi connectivity index (χ1v) is 6.96. The minimum Gasteiger partial charge on any atom is -0.329 e. The van der Waals surface area contributed by atoms with Gasteiger partial charge in [0.2, 0.25) is 0 Å². The highest BCUT2D eigenvalue weighted by atomic mass is 32.1. The second-order valence-electron chi connectivity index (χ2n) is 5.21. The summed E-state index contributed by atoms with van der Waals surface area (Å²) in [4.78, 5) is 20.2. The Morgan fingerprint density at radius 3 is 2.89 bits per heavy atom. The van der Waals surface area contributed by atoms with Gasteiger partial charge in [-0.05, 0) is 20.8 Å². The summed E-state index contributed by atoms with van der Waals surface area (Å²) < 4.78 is 1.65. The molecule has 0 saturated carbocycles. The topological polar surface area (TPSA) is 51.0 Å². The molecule has 0 aromatic carbocycles. The molecule has 6 heteroatoms. The van der Waals surface area contributed by atoms with Gasteiger partial charge in [0.05, 0.1) is 30.0 Å². The Hall–Kier alpha value is -1.69. The number of carbonyl (C=O) groups excluding carboxylic acids is 1. The van der Waals surface area contributed by atoms with Crippen LogP contribution < -0.4 is 0 Å². The van der Waals surface area contributed by atoms with Gasteiger partial charge in [0, 0.05) is 17.1 Å². The predicted molar refractivity (Wildman–Crippen MR) is 71.5 cm³/mol. The number of amides is 1. The number of hydrogen-bond acceptors (Lipinski definition) is 4. The van der Waals surface area contributed by atoms with E-state index in [1.807, 2.05) is 25.7 Å². The van der Waals surface area contributed by atoms with Gasteiger partial charge in [-0.2, -0.15) is 5.10 Å². The van der Waals surface area contributed by atoms with Crippen molar-refractivity contribution in [3.05, 3.63) is 34.0 Å². The summed E-state index contributed by atoms with van der Waals surface area (Å²) in [7, 11) is 0. The molecule has 99 valence electrons. The number of hydrogen-bond donors (Lipinski definition) is 0. The molecule has 1 aliphatic heterocycles. The van der Waals surface area contributed by atoms with Crippen molar-refractivity contribution in [1.82, 2.24) is 19.7 Å². The molecule has 1 aliphatic rings. The van der Waals surface area contributed by atoms with Gasteiger partial charge < -0.3 is 4.90 Å². The number of carbonyl (C=O) groups is 1. The highest BCUT2D eigenvalue weighted by Gasteiger charge is 2.37. The monoisotopic (exact) mass is 275 g/mol. The summed E-state index contributed by atoms with van der Waals surface area (Å²) in [5, 5.41) is 5.20. The minimum atomic E-state index is -0.691. The molecule has 0 aliphatic carbocycles. The van der Waals surface area contributed by atoms with Crippen LogP contribution in [0.2, 0.25) is 0 Å². The Morgan fingerprint density at radius 1 is 1.47 bits per heavy atom. The summed E-state index contributed by atoms with van der Waals surface area (Å²) in [6.45, 7) is 7.02.